The lowest BCUT2D eigenvalue weighted by molar-refractivity contribution is -0.147. The lowest BCUT2D eigenvalue weighted by Gasteiger charge is -2.13. The Morgan fingerprint density at radius 1 is 1.25 bits per heavy atom. The molecular weight excluding hydrogens is 256 g/mol. The summed E-state index contributed by atoms with van der Waals surface area (Å²) in [6.45, 7) is 5.53. The van der Waals surface area contributed by atoms with Gasteiger partial charge in [-0.1, -0.05) is 6.08 Å². The largest absolute Gasteiger partial charge is 0.497 e. The summed E-state index contributed by atoms with van der Waals surface area (Å²) in [5.74, 6) is 1.07. The molecular formula is C16H22O4. The van der Waals surface area contributed by atoms with Gasteiger partial charge >= 0.3 is 5.97 Å². The number of carbonyl (C=O) groups is 1. The summed E-state index contributed by atoms with van der Waals surface area (Å²) >= 11 is 0. The van der Waals surface area contributed by atoms with Gasteiger partial charge < -0.3 is 14.2 Å². The van der Waals surface area contributed by atoms with Crippen molar-refractivity contribution in [2.45, 2.75) is 32.3 Å². The number of ether oxygens (including phenoxy) is 3. The number of allylic oxidation sites excluding steroid dienone is 1. The average molecular weight is 278 g/mol. The lowest BCUT2D eigenvalue weighted by atomic mass is 10.1. The van der Waals surface area contributed by atoms with Gasteiger partial charge in [-0.05, 0) is 37.5 Å². The van der Waals surface area contributed by atoms with Crippen LogP contribution < -0.4 is 9.47 Å². The first kappa shape index (κ1) is 16.1. The van der Waals surface area contributed by atoms with E-state index in [1.54, 1.807) is 32.4 Å². The van der Waals surface area contributed by atoms with Gasteiger partial charge in [0.2, 0.25) is 0 Å². The minimum absolute atomic E-state index is 0.104. The van der Waals surface area contributed by atoms with Gasteiger partial charge in [0.05, 0.1) is 26.7 Å². The lowest BCUT2D eigenvalue weighted by Crippen LogP contribution is -2.16. The summed E-state index contributed by atoms with van der Waals surface area (Å²) in [6.07, 6.45) is 3.54. The second-order valence-electron chi connectivity index (χ2n) is 4.56. The van der Waals surface area contributed by atoms with E-state index in [0.29, 0.717) is 11.5 Å². The van der Waals surface area contributed by atoms with Gasteiger partial charge in [0.15, 0.2) is 0 Å². The Morgan fingerprint density at radius 2 is 1.85 bits per heavy atom. The van der Waals surface area contributed by atoms with Gasteiger partial charge in [-0.15, -0.1) is 6.58 Å². The van der Waals surface area contributed by atoms with Crippen LogP contribution in [-0.4, -0.2) is 26.3 Å². The van der Waals surface area contributed by atoms with E-state index >= 15 is 0 Å². The fourth-order valence-electron chi connectivity index (χ4n) is 1.81. The molecule has 0 amide bonds. The van der Waals surface area contributed by atoms with E-state index in [4.69, 9.17) is 14.2 Å². The number of hydrogen-bond donors (Lipinski definition) is 0. The summed E-state index contributed by atoms with van der Waals surface area (Å²) in [7, 11) is 3.16. The second kappa shape index (κ2) is 8.25. The molecule has 0 aromatic heterocycles. The Kier molecular flexibility index (Phi) is 6.64. The molecule has 0 aliphatic heterocycles. The van der Waals surface area contributed by atoms with Crippen LogP contribution in [0, 0.1) is 0 Å². The number of benzene rings is 1. The fraction of sp³-hybridized carbons (Fsp3) is 0.438. The van der Waals surface area contributed by atoms with Crippen LogP contribution in [0.25, 0.3) is 0 Å². The minimum atomic E-state index is -0.253. The fourth-order valence-corrected chi connectivity index (χ4v) is 1.81. The molecule has 1 atom stereocenters. The number of methoxy groups -OCH3 is 2. The maximum absolute atomic E-state index is 11.9. The summed E-state index contributed by atoms with van der Waals surface area (Å²) in [5.41, 5.74) is 0.808. The first-order valence-electron chi connectivity index (χ1n) is 6.61. The summed E-state index contributed by atoms with van der Waals surface area (Å²) in [5, 5.41) is 0. The first-order chi connectivity index (χ1) is 9.58. The number of rotatable bonds is 8. The molecule has 1 aromatic rings. The third-order valence-corrected chi connectivity index (χ3v) is 2.87. The highest BCUT2D eigenvalue weighted by molar-refractivity contribution is 5.73. The average Bonchev–Trinajstić information content (AvgIpc) is 2.44. The van der Waals surface area contributed by atoms with Crippen LogP contribution in [0.3, 0.4) is 0 Å². The van der Waals surface area contributed by atoms with Crippen molar-refractivity contribution >= 4 is 5.97 Å². The topological polar surface area (TPSA) is 44.8 Å². The van der Waals surface area contributed by atoms with Crippen LogP contribution in [0.4, 0.5) is 0 Å². The van der Waals surface area contributed by atoms with Gasteiger partial charge in [0.25, 0.3) is 0 Å². The zero-order chi connectivity index (χ0) is 15.0. The highest BCUT2D eigenvalue weighted by Crippen LogP contribution is 2.23. The molecule has 0 heterocycles. The van der Waals surface area contributed by atoms with E-state index in [-0.39, 0.29) is 18.5 Å². The molecule has 20 heavy (non-hydrogen) atoms. The van der Waals surface area contributed by atoms with Crippen LogP contribution in [-0.2, 0) is 16.0 Å². The molecule has 4 heteroatoms. The SMILES string of the molecule is C=CCC[C@@H](C)OC(=O)Cc1cc(OC)cc(OC)c1. The molecule has 0 aliphatic carbocycles. The Bertz CT molecular complexity index is 432. The van der Waals surface area contributed by atoms with Crippen LogP contribution in [0.1, 0.15) is 25.3 Å². The maximum Gasteiger partial charge on any atom is 0.310 e. The van der Waals surface area contributed by atoms with Gasteiger partial charge in [-0.25, -0.2) is 0 Å². The van der Waals surface area contributed by atoms with Crippen molar-refractivity contribution in [1.82, 2.24) is 0 Å². The molecule has 0 spiro atoms. The molecule has 4 nitrogen and oxygen atoms in total. The van der Waals surface area contributed by atoms with Crippen molar-refractivity contribution in [3.8, 4) is 11.5 Å². The third kappa shape index (κ3) is 5.34. The van der Waals surface area contributed by atoms with Crippen LogP contribution in [0.15, 0.2) is 30.9 Å². The van der Waals surface area contributed by atoms with Crippen LogP contribution in [0.2, 0.25) is 0 Å². The van der Waals surface area contributed by atoms with Gasteiger partial charge in [-0.2, -0.15) is 0 Å². The van der Waals surface area contributed by atoms with Gasteiger partial charge in [0.1, 0.15) is 11.5 Å². The monoisotopic (exact) mass is 278 g/mol. The molecule has 0 aliphatic rings. The van der Waals surface area contributed by atoms with Gasteiger partial charge in [0, 0.05) is 6.07 Å². The Labute approximate surface area is 120 Å². The molecule has 0 fully saturated rings. The van der Waals surface area contributed by atoms with Crippen LogP contribution in [0.5, 0.6) is 11.5 Å². The Balaban J connectivity index is 2.63. The molecule has 0 radical (unpaired) electrons. The Morgan fingerprint density at radius 3 is 2.35 bits per heavy atom. The molecule has 0 N–H and O–H groups in total. The summed E-state index contributed by atoms with van der Waals surface area (Å²) in [6, 6.07) is 5.37. The molecule has 110 valence electrons. The first-order valence-corrected chi connectivity index (χ1v) is 6.61. The van der Waals surface area contributed by atoms with E-state index < -0.39 is 0 Å². The van der Waals surface area contributed by atoms with Crippen molar-refractivity contribution in [3.05, 3.63) is 36.4 Å². The van der Waals surface area contributed by atoms with Gasteiger partial charge in [-0.3, -0.25) is 4.79 Å². The third-order valence-electron chi connectivity index (χ3n) is 2.87. The normalized spacial score (nSPS) is 11.6. The standard InChI is InChI=1S/C16H22O4/c1-5-6-7-12(2)20-16(17)10-13-8-14(18-3)11-15(9-13)19-4/h5,8-9,11-12H,1,6-7,10H2,2-4H3/t12-/m1/s1. The predicted octanol–water partition coefficient (Wildman–Crippen LogP) is 3.14. The van der Waals surface area contributed by atoms with E-state index in [1.165, 1.54) is 0 Å². The van der Waals surface area contributed by atoms with Crippen molar-refractivity contribution < 1.29 is 19.0 Å². The molecule has 0 bridgehead atoms. The van der Waals surface area contributed by atoms with E-state index in [9.17, 15) is 4.79 Å². The van der Waals surface area contributed by atoms with E-state index in [2.05, 4.69) is 6.58 Å². The molecule has 0 saturated carbocycles. The smallest absolute Gasteiger partial charge is 0.310 e. The highest BCUT2D eigenvalue weighted by Gasteiger charge is 2.11. The van der Waals surface area contributed by atoms with Crippen molar-refractivity contribution in [2.75, 3.05) is 14.2 Å². The predicted molar refractivity (Wildman–Crippen MR) is 78.2 cm³/mol. The van der Waals surface area contributed by atoms with E-state index in [1.807, 2.05) is 13.0 Å². The zero-order valence-corrected chi connectivity index (χ0v) is 12.3. The summed E-state index contributed by atoms with van der Waals surface area (Å²) in [4.78, 5) is 11.9. The van der Waals surface area contributed by atoms with Crippen molar-refractivity contribution in [3.63, 3.8) is 0 Å². The summed E-state index contributed by atoms with van der Waals surface area (Å²) < 4.78 is 15.7. The van der Waals surface area contributed by atoms with Crippen molar-refractivity contribution in [1.29, 1.82) is 0 Å². The molecule has 1 rings (SSSR count). The zero-order valence-electron chi connectivity index (χ0n) is 12.3. The van der Waals surface area contributed by atoms with Crippen LogP contribution >= 0.6 is 0 Å². The number of hydrogen-bond acceptors (Lipinski definition) is 4. The van der Waals surface area contributed by atoms with E-state index in [0.717, 1.165) is 18.4 Å². The quantitative estimate of drug-likeness (QED) is 0.541. The minimum Gasteiger partial charge on any atom is -0.497 e. The molecule has 0 unspecified atom stereocenters. The highest BCUT2D eigenvalue weighted by atomic mass is 16.5. The maximum atomic E-state index is 11.9. The van der Waals surface area contributed by atoms with Crippen molar-refractivity contribution in [2.24, 2.45) is 0 Å². The number of carbonyl (C=O) groups excluding carboxylic acids is 1. The Hall–Kier alpha value is -1.97. The molecule has 0 saturated heterocycles. The molecule has 1 aromatic carbocycles. The number of esters is 1. The second-order valence-corrected chi connectivity index (χ2v) is 4.56.